The summed E-state index contributed by atoms with van der Waals surface area (Å²) in [6, 6.07) is 0. The van der Waals surface area contributed by atoms with Crippen molar-refractivity contribution >= 4 is 20.2 Å². The van der Waals surface area contributed by atoms with Crippen molar-refractivity contribution in [1.29, 1.82) is 0 Å². The van der Waals surface area contributed by atoms with Crippen molar-refractivity contribution in [2.24, 2.45) is 11.8 Å². The second-order valence-electron chi connectivity index (χ2n) is 3.99. The maximum Gasteiger partial charge on any atom is 0.0948 e. The number of hydrogen-bond acceptors (Lipinski definition) is 6. The molecule has 1 saturated carbocycles. The van der Waals surface area contributed by atoms with E-state index in [9.17, 15) is 25.9 Å². The number of rotatable bonds is 4. The average Bonchev–Trinajstić information content (AvgIpc) is 2.28. The van der Waals surface area contributed by atoms with Gasteiger partial charge in [0.2, 0.25) is 0 Å². The molecule has 8 heteroatoms. The van der Waals surface area contributed by atoms with Crippen LogP contribution in [0, 0.1) is 11.8 Å². The first kappa shape index (κ1) is 15.8. The van der Waals surface area contributed by atoms with E-state index >= 15 is 0 Å². The zero-order chi connectivity index (χ0) is 11.7. The van der Waals surface area contributed by atoms with E-state index in [0.29, 0.717) is 19.3 Å². The molecule has 0 aromatic heterocycles. The third-order valence-corrected chi connectivity index (χ3v) is 4.29. The van der Waals surface area contributed by atoms with E-state index < -0.39 is 31.7 Å². The Morgan fingerprint density at radius 1 is 0.875 bits per heavy atom. The first-order valence-corrected chi connectivity index (χ1v) is 7.68. The van der Waals surface area contributed by atoms with Gasteiger partial charge in [0.05, 0.1) is 20.2 Å². The van der Waals surface area contributed by atoms with Crippen LogP contribution < -0.4 is 0 Å². The average molecular weight is 272 g/mol. The molecule has 2 atom stereocenters. The van der Waals surface area contributed by atoms with Gasteiger partial charge in [0.15, 0.2) is 0 Å². The Bertz CT molecular complexity index is 370. The minimum atomic E-state index is -4.25. The molecule has 0 saturated heterocycles. The lowest BCUT2D eigenvalue weighted by Gasteiger charge is -2.14. The van der Waals surface area contributed by atoms with Gasteiger partial charge in [0.25, 0.3) is 0 Å². The van der Waals surface area contributed by atoms with Gasteiger partial charge in [-0.3, -0.25) is 0 Å². The quantitative estimate of drug-likeness (QED) is 0.672. The highest BCUT2D eigenvalue weighted by molar-refractivity contribution is 7.85. The molecule has 0 aromatic carbocycles. The van der Waals surface area contributed by atoms with E-state index in [1.165, 1.54) is 0 Å². The molecule has 0 aromatic rings. The molecule has 2 unspecified atom stereocenters. The van der Waals surface area contributed by atoms with Gasteiger partial charge in [-0.15, -0.1) is 0 Å². The second-order valence-corrected chi connectivity index (χ2v) is 6.89. The molecule has 98 valence electrons. The van der Waals surface area contributed by atoms with Crippen LogP contribution in [0.4, 0.5) is 0 Å². The van der Waals surface area contributed by atoms with Crippen molar-refractivity contribution in [3.63, 3.8) is 0 Å². The summed E-state index contributed by atoms with van der Waals surface area (Å²) in [7, 11) is -8.50. The lowest BCUT2D eigenvalue weighted by molar-refractivity contribution is 0.438. The third-order valence-electron chi connectivity index (χ3n) is 2.53. The predicted octanol–water partition coefficient (Wildman–Crippen LogP) is 0.129. The molecule has 0 N–H and O–H groups in total. The maximum absolute atomic E-state index is 10.4. The van der Waals surface area contributed by atoms with Crippen LogP contribution >= 0.6 is 0 Å². The van der Waals surface area contributed by atoms with Gasteiger partial charge in [-0.2, -0.15) is 0 Å². The summed E-state index contributed by atoms with van der Waals surface area (Å²) < 4.78 is 62.7. The molecule has 0 amide bonds. The zero-order valence-corrected chi connectivity index (χ0v) is 9.59. The molecule has 1 aliphatic carbocycles. The van der Waals surface area contributed by atoms with E-state index in [1.54, 1.807) is 0 Å². The normalized spacial score (nSPS) is 26.4. The van der Waals surface area contributed by atoms with Gasteiger partial charge in [-0.05, 0) is 31.1 Å². The van der Waals surface area contributed by atoms with Crippen LogP contribution in [0.3, 0.4) is 0 Å². The maximum atomic E-state index is 10.4. The molecule has 16 heavy (non-hydrogen) atoms. The van der Waals surface area contributed by atoms with Crippen LogP contribution in [0.15, 0.2) is 0 Å². The molecule has 0 heterocycles. The summed E-state index contributed by atoms with van der Waals surface area (Å²) in [5.41, 5.74) is 0. The van der Waals surface area contributed by atoms with Crippen LogP contribution in [0.2, 0.25) is 0 Å². The van der Waals surface area contributed by atoms with Crippen molar-refractivity contribution in [2.45, 2.75) is 26.7 Å². The van der Waals surface area contributed by atoms with Crippen LogP contribution in [0.5, 0.6) is 0 Å². The van der Waals surface area contributed by atoms with Crippen LogP contribution in [-0.4, -0.2) is 37.4 Å². The molecule has 0 bridgehead atoms. The molecule has 1 rings (SSSR count). The Balaban J connectivity index is 0.00000225. The Labute approximate surface area is 96.6 Å². The van der Waals surface area contributed by atoms with Crippen molar-refractivity contribution in [1.82, 2.24) is 0 Å². The molecular formula is C8H16O6S2-2. The lowest BCUT2D eigenvalue weighted by atomic mass is 10.1. The summed E-state index contributed by atoms with van der Waals surface area (Å²) in [6.07, 6.45) is 1.34. The molecule has 0 spiro atoms. The molecule has 1 aliphatic rings. The SMILES string of the molecule is C.O=S(=O)([O-])CC1CCC(CS(=O)(=O)[O-])C1. The lowest BCUT2D eigenvalue weighted by Crippen LogP contribution is -2.16. The first-order valence-electron chi connectivity index (χ1n) is 4.53. The van der Waals surface area contributed by atoms with Crippen LogP contribution in [0.25, 0.3) is 0 Å². The smallest absolute Gasteiger partial charge is 0.0948 e. The van der Waals surface area contributed by atoms with Crippen LogP contribution in [-0.2, 0) is 20.2 Å². The Morgan fingerprint density at radius 2 is 1.19 bits per heavy atom. The van der Waals surface area contributed by atoms with Crippen molar-refractivity contribution in [2.75, 3.05) is 11.5 Å². The summed E-state index contributed by atoms with van der Waals surface area (Å²) >= 11 is 0. The Morgan fingerprint density at radius 3 is 1.44 bits per heavy atom. The van der Waals surface area contributed by atoms with Gasteiger partial charge in [0.1, 0.15) is 0 Å². The standard InChI is InChI=1S/C7H14O6S2.CH4/c8-14(9,10)4-6-1-2-7(3-6)5-15(11,12)13;/h6-7H,1-5H2,(H,8,9,10)(H,11,12,13);1H4/p-2. The fraction of sp³-hybridized carbons (Fsp3) is 1.00. The highest BCUT2D eigenvalue weighted by Crippen LogP contribution is 2.32. The summed E-state index contributed by atoms with van der Waals surface area (Å²) in [5.74, 6) is -1.50. The highest BCUT2D eigenvalue weighted by atomic mass is 32.2. The molecular weight excluding hydrogens is 256 g/mol. The van der Waals surface area contributed by atoms with Gasteiger partial charge < -0.3 is 9.11 Å². The van der Waals surface area contributed by atoms with E-state index in [2.05, 4.69) is 0 Å². The molecule has 6 nitrogen and oxygen atoms in total. The number of hydrogen-bond donors (Lipinski definition) is 0. The summed E-state index contributed by atoms with van der Waals surface area (Å²) in [4.78, 5) is 0. The van der Waals surface area contributed by atoms with Gasteiger partial charge >= 0.3 is 0 Å². The van der Waals surface area contributed by atoms with Crippen molar-refractivity contribution < 1.29 is 25.9 Å². The van der Waals surface area contributed by atoms with Crippen LogP contribution in [0.1, 0.15) is 26.7 Å². The zero-order valence-electron chi connectivity index (χ0n) is 7.96. The van der Waals surface area contributed by atoms with Gasteiger partial charge in [-0.25, -0.2) is 16.8 Å². The molecule has 0 radical (unpaired) electrons. The van der Waals surface area contributed by atoms with Crippen molar-refractivity contribution in [3.05, 3.63) is 0 Å². The van der Waals surface area contributed by atoms with E-state index in [-0.39, 0.29) is 19.3 Å². The summed E-state index contributed by atoms with van der Waals surface area (Å²) in [5, 5.41) is 0. The largest absolute Gasteiger partial charge is 0.748 e. The second kappa shape index (κ2) is 5.44. The van der Waals surface area contributed by atoms with Crippen molar-refractivity contribution in [3.8, 4) is 0 Å². The predicted molar refractivity (Wildman–Crippen MR) is 56.7 cm³/mol. The fourth-order valence-electron chi connectivity index (χ4n) is 2.06. The monoisotopic (exact) mass is 272 g/mol. The Hall–Kier alpha value is -0.180. The summed E-state index contributed by atoms with van der Waals surface area (Å²) in [6.45, 7) is 0. The molecule has 0 aliphatic heterocycles. The Kier molecular flexibility index (Phi) is 5.37. The highest BCUT2D eigenvalue weighted by Gasteiger charge is 2.27. The molecule has 1 fully saturated rings. The van der Waals surface area contributed by atoms with Gasteiger partial charge in [-0.1, -0.05) is 7.43 Å². The van der Waals surface area contributed by atoms with Gasteiger partial charge in [0, 0.05) is 11.5 Å². The van der Waals surface area contributed by atoms with E-state index in [1.807, 2.05) is 0 Å². The minimum absolute atomic E-state index is 0. The minimum Gasteiger partial charge on any atom is -0.748 e. The van der Waals surface area contributed by atoms with E-state index in [0.717, 1.165) is 0 Å². The topological polar surface area (TPSA) is 114 Å². The fourth-order valence-corrected chi connectivity index (χ4v) is 3.82. The third kappa shape index (κ3) is 6.41. The van der Waals surface area contributed by atoms with E-state index in [4.69, 9.17) is 0 Å². The first-order chi connectivity index (χ1) is 6.66.